The molecule has 0 saturated carbocycles. The van der Waals surface area contributed by atoms with Crippen molar-refractivity contribution in [3.05, 3.63) is 72.6 Å². The second kappa shape index (κ2) is 7.91. The van der Waals surface area contributed by atoms with E-state index >= 15 is 0 Å². The number of pyridine rings is 1. The molecule has 138 valence electrons. The number of nitrogens with one attached hydrogen (secondary N) is 1. The van der Waals surface area contributed by atoms with Crippen molar-refractivity contribution >= 4 is 0 Å². The molecule has 2 aromatic carbocycles. The topological polar surface area (TPSA) is 43.4 Å². The first kappa shape index (κ1) is 17.7. The molecule has 0 amide bonds. The van der Waals surface area contributed by atoms with Crippen LogP contribution < -0.4 is 10.1 Å². The minimum absolute atomic E-state index is 0.0952. The number of methoxy groups -OCH3 is 1. The fraction of sp³-hybridized carbons (Fsp3) is 0.261. The van der Waals surface area contributed by atoms with Crippen LogP contribution >= 0.6 is 0 Å². The summed E-state index contributed by atoms with van der Waals surface area (Å²) in [6.45, 7) is 3.83. The van der Waals surface area contributed by atoms with E-state index in [1.807, 2.05) is 30.6 Å². The lowest BCUT2D eigenvalue weighted by atomic mass is 9.95. The summed E-state index contributed by atoms with van der Waals surface area (Å²) in [4.78, 5) is 4.10. The van der Waals surface area contributed by atoms with Gasteiger partial charge in [-0.05, 0) is 53.4 Å². The van der Waals surface area contributed by atoms with E-state index in [0.717, 1.165) is 41.2 Å². The Morgan fingerprint density at radius 3 is 2.41 bits per heavy atom. The van der Waals surface area contributed by atoms with Gasteiger partial charge in [0.2, 0.25) is 0 Å². The van der Waals surface area contributed by atoms with Crippen LogP contribution in [0.2, 0.25) is 0 Å². The number of hydrogen-bond acceptors (Lipinski definition) is 4. The molecule has 2 heterocycles. The number of ether oxygens (including phenoxy) is 2. The Bertz CT molecular complexity index is 894. The van der Waals surface area contributed by atoms with Crippen molar-refractivity contribution in [2.24, 2.45) is 0 Å². The van der Waals surface area contributed by atoms with Crippen LogP contribution in [0.4, 0.5) is 0 Å². The molecule has 1 saturated heterocycles. The van der Waals surface area contributed by atoms with E-state index < -0.39 is 0 Å². The van der Waals surface area contributed by atoms with Crippen LogP contribution in [-0.4, -0.2) is 31.3 Å². The van der Waals surface area contributed by atoms with Crippen LogP contribution in [0.15, 0.2) is 67.0 Å². The zero-order chi connectivity index (χ0) is 18.6. The zero-order valence-electron chi connectivity index (χ0n) is 15.7. The molecule has 0 bridgehead atoms. The largest absolute Gasteiger partial charge is 0.496 e. The summed E-state index contributed by atoms with van der Waals surface area (Å²) in [7, 11) is 1.71. The molecule has 0 aliphatic carbocycles. The van der Waals surface area contributed by atoms with Gasteiger partial charge >= 0.3 is 0 Å². The molecule has 1 aliphatic heterocycles. The SMILES string of the molecule is COc1ccc(-c2ccncc2)cc1-c1ccc([C@@H]2OCCN[C@H]2C)cc1. The van der Waals surface area contributed by atoms with Gasteiger partial charge in [0, 0.05) is 30.5 Å². The number of aromatic nitrogens is 1. The lowest BCUT2D eigenvalue weighted by Gasteiger charge is -2.30. The van der Waals surface area contributed by atoms with Gasteiger partial charge in [-0.2, -0.15) is 0 Å². The highest BCUT2D eigenvalue weighted by Gasteiger charge is 2.23. The quantitative estimate of drug-likeness (QED) is 0.745. The molecule has 4 heteroatoms. The molecule has 2 atom stereocenters. The van der Waals surface area contributed by atoms with Crippen molar-refractivity contribution < 1.29 is 9.47 Å². The van der Waals surface area contributed by atoms with Crippen LogP contribution in [0.3, 0.4) is 0 Å². The molecule has 0 unspecified atom stereocenters. The third-order valence-corrected chi connectivity index (χ3v) is 5.08. The lowest BCUT2D eigenvalue weighted by Crippen LogP contribution is -2.41. The van der Waals surface area contributed by atoms with Gasteiger partial charge in [0.05, 0.1) is 19.8 Å². The minimum Gasteiger partial charge on any atom is -0.496 e. The fourth-order valence-corrected chi connectivity index (χ4v) is 3.62. The summed E-state index contributed by atoms with van der Waals surface area (Å²) < 4.78 is 11.6. The normalized spacial score (nSPS) is 19.6. The molecular formula is C23H24N2O2. The first-order valence-corrected chi connectivity index (χ1v) is 9.30. The second-order valence-electron chi connectivity index (χ2n) is 6.81. The van der Waals surface area contributed by atoms with E-state index in [1.54, 1.807) is 7.11 Å². The molecule has 1 aliphatic rings. The highest BCUT2D eigenvalue weighted by Crippen LogP contribution is 2.35. The molecule has 3 aromatic rings. The number of rotatable bonds is 4. The molecule has 4 nitrogen and oxygen atoms in total. The molecule has 0 radical (unpaired) electrons. The predicted molar refractivity (Wildman–Crippen MR) is 108 cm³/mol. The maximum absolute atomic E-state index is 5.95. The number of benzene rings is 2. The van der Waals surface area contributed by atoms with Crippen molar-refractivity contribution in [3.8, 4) is 28.0 Å². The second-order valence-corrected chi connectivity index (χ2v) is 6.81. The highest BCUT2D eigenvalue weighted by atomic mass is 16.5. The smallest absolute Gasteiger partial charge is 0.126 e. The molecule has 1 N–H and O–H groups in total. The lowest BCUT2D eigenvalue weighted by molar-refractivity contribution is -0.000215. The molecule has 1 fully saturated rings. The van der Waals surface area contributed by atoms with Gasteiger partial charge in [0.25, 0.3) is 0 Å². The van der Waals surface area contributed by atoms with Crippen molar-refractivity contribution in [1.82, 2.24) is 10.3 Å². The Labute approximate surface area is 160 Å². The van der Waals surface area contributed by atoms with E-state index in [1.165, 1.54) is 5.56 Å². The van der Waals surface area contributed by atoms with Gasteiger partial charge in [-0.25, -0.2) is 0 Å². The summed E-state index contributed by atoms with van der Waals surface area (Å²) in [6, 6.07) is 19.2. The van der Waals surface area contributed by atoms with Gasteiger partial charge < -0.3 is 14.8 Å². The first-order valence-electron chi connectivity index (χ1n) is 9.30. The molecule has 4 rings (SSSR count). The maximum atomic E-state index is 5.95. The average Bonchev–Trinajstić information content (AvgIpc) is 2.74. The third kappa shape index (κ3) is 3.72. The van der Waals surface area contributed by atoms with Gasteiger partial charge in [-0.15, -0.1) is 0 Å². The van der Waals surface area contributed by atoms with E-state index in [9.17, 15) is 0 Å². The van der Waals surface area contributed by atoms with Crippen molar-refractivity contribution in [1.29, 1.82) is 0 Å². The first-order chi connectivity index (χ1) is 13.3. The van der Waals surface area contributed by atoms with E-state index in [2.05, 4.69) is 53.6 Å². The van der Waals surface area contributed by atoms with Crippen molar-refractivity contribution in [3.63, 3.8) is 0 Å². The molecule has 27 heavy (non-hydrogen) atoms. The summed E-state index contributed by atoms with van der Waals surface area (Å²) in [5, 5.41) is 3.47. The van der Waals surface area contributed by atoms with Crippen LogP contribution in [0.1, 0.15) is 18.6 Å². The molecule has 0 spiro atoms. The van der Waals surface area contributed by atoms with E-state index in [4.69, 9.17) is 9.47 Å². The predicted octanol–water partition coefficient (Wildman–Crippen LogP) is 4.47. The molecular weight excluding hydrogens is 336 g/mol. The average molecular weight is 360 g/mol. The number of nitrogens with zero attached hydrogens (tertiary/aromatic N) is 1. The van der Waals surface area contributed by atoms with Gasteiger partial charge in [0.1, 0.15) is 5.75 Å². The Morgan fingerprint density at radius 2 is 1.70 bits per heavy atom. The maximum Gasteiger partial charge on any atom is 0.126 e. The number of hydrogen-bond donors (Lipinski definition) is 1. The zero-order valence-corrected chi connectivity index (χ0v) is 15.7. The Hall–Kier alpha value is -2.69. The van der Waals surface area contributed by atoms with Crippen LogP contribution in [-0.2, 0) is 4.74 Å². The van der Waals surface area contributed by atoms with E-state index in [-0.39, 0.29) is 6.10 Å². The fourth-order valence-electron chi connectivity index (χ4n) is 3.62. The Kier molecular flexibility index (Phi) is 5.19. The van der Waals surface area contributed by atoms with Crippen LogP contribution in [0.25, 0.3) is 22.3 Å². The van der Waals surface area contributed by atoms with Crippen molar-refractivity contribution in [2.45, 2.75) is 19.1 Å². The summed E-state index contributed by atoms with van der Waals surface area (Å²) in [5.41, 5.74) is 5.69. The van der Waals surface area contributed by atoms with Gasteiger partial charge in [0.15, 0.2) is 0 Å². The Balaban J connectivity index is 1.68. The monoisotopic (exact) mass is 360 g/mol. The van der Waals surface area contributed by atoms with E-state index in [0.29, 0.717) is 6.04 Å². The molecule has 1 aromatic heterocycles. The van der Waals surface area contributed by atoms with Crippen molar-refractivity contribution in [2.75, 3.05) is 20.3 Å². The summed E-state index contributed by atoms with van der Waals surface area (Å²) >= 11 is 0. The number of morpholine rings is 1. The van der Waals surface area contributed by atoms with Crippen LogP contribution in [0.5, 0.6) is 5.75 Å². The summed E-state index contributed by atoms with van der Waals surface area (Å²) in [5.74, 6) is 0.865. The summed E-state index contributed by atoms with van der Waals surface area (Å²) in [6.07, 6.45) is 3.72. The van der Waals surface area contributed by atoms with Gasteiger partial charge in [-0.1, -0.05) is 30.3 Å². The van der Waals surface area contributed by atoms with Gasteiger partial charge in [-0.3, -0.25) is 4.98 Å². The minimum atomic E-state index is 0.0952. The third-order valence-electron chi connectivity index (χ3n) is 5.08. The van der Waals surface area contributed by atoms with Crippen LogP contribution in [0, 0.1) is 0 Å². The Morgan fingerprint density at radius 1 is 0.963 bits per heavy atom. The standard InChI is InChI=1S/C23H24N2O2/c1-16-23(27-14-13-25-16)19-5-3-18(4-6-19)21-15-20(7-8-22(21)26-2)17-9-11-24-12-10-17/h3-12,15-16,23,25H,13-14H2,1-2H3/t16-,23+/m0/s1. The highest BCUT2D eigenvalue weighted by molar-refractivity contribution is 5.77.